The fourth-order valence-corrected chi connectivity index (χ4v) is 4.63. The first-order valence-electron chi connectivity index (χ1n) is 11.4. The fourth-order valence-electron chi connectivity index (χ4n) is 4.27. The molecule has 0 aliphatic carbocycles. The molecule has 176 valence electrons. The van der Waals surface area contributed by atoms with Gasteiger partial charge >= 0.3 is 0 Å². The molecule has 4 aromatic rings. The number of hydrogen-bond acceptors (Lipinski definition) is 4. The van der Waals surface area contributed by atoms with E-state index in [1.54, 1.807) is 12.1 Å². The van der Waals surface area contributed by atoms with Crippen LogP contribution in [0.15, 0.2) is 77.0 Å². The summed E-state index contributed by atoms with van der Waals surface area (Å²) >= 11 is 5.77. The summed E-state index contributed by atoms with van der Waals surface area (Å²) in [6.07, 6.45) is 0. The van der Waals surface area contributed by atoms with Crippen molar-refractivity contribution in [1.29, 1.82) is 0 Å². The van der Waals surface area contributed by atoms with Crippen LogP contribution in [-0.2, 0) is 0 Å². The van der Waals surface area contributed by atoms with Gasteiger partial charge in [-0.25, -0.2) is 4.39 Å². The van der Waals surface area contributed by atoms with E-state index in [-0.39, 0.29) is 11.9 Å². The second kappa shape index (κ2) is 9.07. The monoisotopic (exact) mass is 484 g/mol. The SMILES string of the molecule is CC1=C(c2nc(-c3ccc(C)cc3)no2)C(c2ccc(C)c(C)c2)NC(=S)N1c1ccc(F)cc1. The lowest BCUT2D eigenvalue weighted by atomic mass is 9.92. The van der Waals surface area contributed by atoms with Crippen LogP contribution in [0, 0.1) is 26.6 Å². The average molecular weight is 485 g/mol. The molecule has 0 radical (unpaired) electrons. The average Bonchev–Trinajstić information content (AvgIpc) is 3.32. The molecule has 1 N–H and O–H groups in total. The van der Waals surface area contributed by atoms with Gasteiger partial charge in [-0.2, -0.15) is 4.98 Å². The Morgan fingerprint density at radius 3 is 2.31 bits per heavy atom. The van der Waals surface area contributed by atoms with Crippen molar-refractivity contribution in [2.75, 3.05) is 4.90 Å². The zero-order valence-electron chi connectivity index (χ0n) is 20.0. The Balaban J connectivity index is 1.66. The largest absolute Gasteiger partial charge is 0.351 e. The van der Waals surface area contributed by atoms with Crippen LogP contribution in [0.5, 0.6) is 0 Å². The van der Waals surface area contributed by atoms with Gasteiger partial charge in [0.1, 0.15) is 5.82 Å². The number of aromatic nitrogens is 2. The molecule has 1 aliphatic heterocycles. The van der Waals surface area contributed by atoms with E-state index >= 15 is 0 Å². The van der Waals surface area contributed by atoms with Gasteiger partial charge in [0.05, 0.1) is 11.6 Å². The second-order valence-electron chi connectivity index (χ2n) is 8.83. The maximum atomic E-state index is 13.6. The highest BCUT2D eigenvalue weighted by Gasteiger charge is 2.35. The van der Waals surface area contributed by atoms with Crippen LogP contribution in [0.3, 0.4) is 0 Å². The summed E-state index contributed by atoms with van der Waals surface area (Å²) in [7, 11) is 0. The number of halogens is 1. The van der Waals surface area contributed by atoms with E-state index in [1.807, 2.05) is 43.0 Å². The Kier molecular flexibility index (Phi) is 5.94. The quantitative estimate of drug-likeness (QED) is 0.327. The lowest BCUT2D eigenvalue weighted by molar-refractivity contribution is 0.404. The number of thiocarbonyl (C=S) groups is 1. The molecule has 1 aromatic heterocycles. The third-order valence-corrected chi connectivity index (χ3v) is 6.70. The van der Waals surface area contributed by atoms with Gasteiger partial charge in [-0.05, 0) is 80.9 Å². The summed E-state index contributed by atoms with van der Waals surface area (Å²) in [6, 6.07) is 20.3. The first-order valence-corrected chi connectivity index (χ1v) is 11.8. The van der Waals surface area contributed by atoms with Gasteiger partial charge in [-0.15, -0.1) is 0 Å². The minimum atomic E-state index is -0.306. The summed E-state index contributed by atoms with van der Waals surface area (Å²) < 4.78 is 19.4. The molecule has 1 unspecified atom stereocenters. The molecule has 0 spiro atoms. The molecule has 5 rings (SSSR count). The van der Waals surface area contributed by atoms with E-state index < -0.39 is 0 Å². The predicted octanol–water partition coefficient (Wildman–Crippen LogP) is 6.67. The number of nitrogens with one attached hydrogen (secondary N) is 1. The summed E-state index contributed by atoms with van der Waals surface area (Å²) in [5.41, 5.74) is 7.86. The van der Waals surface area contributed by atoms with Gasteiger partial charge in [-0.1, -0.05) is 53.2 Å². The van der Waals surface area contributed by atoms with E-state index in [9.17, 15) is 4.39 Å². The highest BCUT2D eigenvalue weighted by molar-refractivity contribution is 7.80. The molecule has 3 aromatic carbocycles. The minimum absolute atomic E-state index is 0.287. The summed E-state index contributed by atoms with van der Waals surface area (Å²) in [5.74, 6) is 0.614. The molecule has 7 heteroatoms. The Bertz CT molecular complexity index is 1440. The van der Waals surface area contributed by atoms with Gasteiger partial charge in [0.25, 0.3) is 5.89 Å². The molecule has 5 nitrogen and oxygen atoms in total. The number of rotatable bonds is 4. The lowest BCUT2D eigenvalue weighted by Crippen LogP contribution is -2.46. The van der Waals surface area contributed by atoms with Crippen LogP contribution in [-0.4, -0.2) is 15.3 Å². The van der Waals surface area contributed by atoms with Gasteiger partial charge in [0, 0.05) is 16.9 Å². The molecular weight excluding hydrogens is 459 g/mol. The Morgan fingerprint density at radius 2 is 1.63 bits per heavy atom. The number of hydrogen-bond donors (Lipinski definition) is 1. The number of benzene rings is 3. The van der Waals surface area contributed by atoms with Crippen molar-refractivity contribution < 1.29 is 8.91 Å². The van der Waals surface area contributed by atoms with Gasteiger partial charge < -0.3 is 9.84 Å². The van der Waals surface area contributed by atoms with Crippen molar-refractivity contribution in [2.24, 2.45) is 0 Å². The standard InChI is InChI=1S/C28H25FN4OS/c1-16-5-8-20(9-6-16)26-31-27(34-32-26)24-19(4)33(23-13-11-22(29)12-14-23)28(35)30-25(24)21-10-7-17(2)18(3)15-21/h5-15,25H,1-4H3,(H,30,35). The molecule has 1 aliphatic rings. The molecule has 0 saturated carbocycles. The Hall–Kier alpha value is -3.84. The highest BCUT2D eigenvalue weighted by Crippen LogP contribution is 2.39. The zero-order valence-corrected chi connectivity index (χ0v) is 20.8. The number of nitrogens with zero attached hydrogens (tertiary/aromatic N) is 3. The van der Waals surface area contributed by atoms with Gasteiger partial charge in [0.2, 0.25) is 5.82 Å². The second-order valence-corrected chi connectivity index (χ2v) is 9.21. The van der Waals surface area contributed by atoms with Crippen LogP contribution in [0.1, 0.15) is 41.1 Å². The number of aryl methyl sites for hydroxylation is 3. The van der Waals surface area contributed by atoms with Crippen LogP contribution in [0.25, 0.3) is 17.0 Å². The smallest absolute Gasteiger partial charge is 0.258 e. The highest BCUT2D eigenvalue weighted by atomic mass is 32.1. The maximum absolute atomic E-state index is 13.6. The van der Waals surface area contributed by atoms with Crippen molar-refractivity contribution in [3.63, 3.8) is 0 Å². The molecule has 35 heavy (non-hydrogen) atoms. The fraction of sp³-hybridized carbons (Fsp3) is 0.179. The lowest BCUT2D eigenvalue weighted by Gasteiger charge is -2.37. The van der Waals surface area contributed by atoms with Crippen molar-refractivity contribution in [3.8, 4) is 11.4 Å². The normalized spacial score (nSPS) is 16.0. The van der Waals surface area contributed by atoms with Crippen LogP contribution in [0.2, 0.25) is 0 Å². The third kappa shape index (κ3) is 4.35. The van der Waals surface area contributed by atoms with E-state index in [1.165, 1.54) is 23.3 Å². The summed E-state index contributed by atoms with van der Waals surface area (Å²) in [5, 5.41) is 8.23. The minimum Gasteiger partial charge on any atom is -0.351 e. The van der Waals surface area contributed by atoms with Crippen LogP contribution >= 0.6 is 12.2 Å². The predicted molar refractivity (Wildman–Crippen MR) is 140 cm³/mol. The summed E-state index contributed by atoms with van der Waals surface area (Å²) in [6.45, 7) is 8.18. The van der Waals surface area contributed by atoms with E-state index in [2.05, 4.69) is 42.5 Å². The molecule has 1 atom stereocenters. The molecular formula is C28H25FN4OS. The van der Waals surface area contributed by atoms with Crippen molar-refractivity contribution in [3.05, 3.63) is 106 Å². The van der Waals surface area contributed by atoms with Crippen LogP contribution < -0.4 is 10.2 Å². The van der Waals surface area contributed by atoms with Gasteiger partial charge in [0.15, 0.2) is 5.11 Å². The van der Waals surface area contributed by atoms with E-state index in [4.69, 9.17) is 21.7 Å². The number of allylic oxidation sites excluding steroid dienone is 1. The Morgan fingerprint density at radius 1 is 0.914 bits per heavy atom. The first kappa shape index (κ1) is 22.9. The molecule has 0 amide bonds. The van der Waals surface area contributed by atoms with Crippen LogP contribution in [0.4, 0.5) is 10.1 Å². The van der Waals surface area contributed by atoms with Crippen molar-refractivity contribution in [2.45, 2.75) is 33.7 Å². The van der Waals surface area contributed by atoms with Crippen molar-refractivity contribution >= 4 is 28.6 Å². The molecule has 0 saturated heterocycles. The topological polar surface area (TPSA) is 54.2 Å². The summed E-state index contributed by atoms with van der Waals surface area (Å²) in [4.78, 5) is 6.63. The molecule has 0 bridgehead atoms. The third-order valence-electron chi connectivity index (χ3n) is 6.40. The van der Waals surface area contributed by atoms with Gasteiger partial charge in [-0.3, -0.25) is 4.90 Å². The number of anilines is 1. The first-order chi connectivity index (χ1) is 16.8. The molecule has 0 fully saturated rings. The maximum Gasteiger partial charge on any atom is 0.258 e. The van der Waals surface area contributed by atoms with E-state index in [0.717, 1.165) is 33.6 Å². The van der Waals surface area contributed by atoms with Crippen molar-refractivity contribution in [1.82, 2.24) is 15.5 Å². The zero-order chi connectivity index (χ0) is 24.7. The Labute approximate surface area is 209 Å². The van der Waals surface area contributed by atoms with E-state index in [0.29, 0.717) is 16.8 Å². The molecule has 2 heterocycles.